The number of rotatable bonds is 7. The van der Waals surface area contributed by atoms with E-state index in [1.807, 2.05) is 44.7 Å². The molecule has 1 aliphatic heterocycles. The first-order valence-corrected chi connectivity index (χ1v) is 15.1. The Morgan fingerprint density at radius 1 is 1.13 bits per heavy atom. The number of halogens is 1. The first-order chi connectivity index (χ1) is 21.5. The van der Waals surface area contributed by atoms with Gasteiger partial charge in [0.2, 0.25) is 5.91 Å². The summed E-state index contributed by atoms with van der Waals surface area (Å²) in [4.78, 5) is 56.4. The molecule has 1 atom stereocenters. The quantitative estimate of drug-likeness (QED) is 0.283. The summed E-state index contributed by atoms with van der Waals surface area (Å²) in [7, 11) is 0. The van der Waals surface area contributed by atoms with Crippen molar-refractivity contribution in [3.8, 4) is 16.9 Å². The minimum atomic E-state index is -1.18. The number of carbonyl (C=O) groups excluding carboxylic acids is 1. The maximum Gasteiger partial charge on any atom is 0.355 e. The van der Waals surface area contributed by atoms with Gasteiger partial charge in [-0.25, -0.2) is 23.5 Å². The van der Waals surface area contributed by atoms with Gasteiger partial charge in [0, 0.05) is 37.4 Å². The minimum Gasteiger partial charge on any atom is -0.478 e. The topological polar surface area (TPSA) is 122 Å². The van der Waals surface area contributed by atoms with Crippen LogP contribution in [-0.4, -0.2) is 67.1 Å². The van der Waals surface area contributed by atoms with Crippen LogP contribution in [0.2, 0.25) is 0 Å². The van der Waals surface area contributed by atoms with Crippen molar-refractivity contribution in [1.82, 2.24) is 24.4 Å². The van der Waals surface area contributed by atoms with E-state index >= 15 is 4.39 Å². The largest absolute Gasteiger partial charge is 0.478 e. The van der Waals surface area contributed by atoms with Crippen LogP contribution in [0.4, 0.5) is 10.2 Å². The predicted octanol–water partition coefficient (Wildman–Crippen LogP) is 5.21. The molecule has 3 aromatic heterocycles. The number of amides is 1. The van der Waals surface area contributed by atoms with Gasteiger partial charge in [0.05, 0.1) is 28.0 Å². The van der Waals surface area contributed by atoms with E-state index in [9.17, 15) is 19.5 Å². The summed E-state index contributed by atoms with van der Waals surface area (Å²) in [6.45, 7) is 12.7. The molecule has 1 aromatic carbocycles. The van der Waals surface area contributed by atoms with Crippen LogP contribution >= 0.6 is 0 Å². The number of fused-ring (bicyclic) bond motifs is 1. The summed E-state index contributed by atoms with van der Waals surface area (Å²) in [5, 5.41) is 10.3. The molecular formula is C34H35FN6O4. The van der Waals surface area contributed by atoms with Crippen molar-refractivity contribution in [2.45, 2.75) is 58.4 Å². The summed E-state index contributed by atoms with van der Waals surface area (Å²) >= 11 is 0. The van der Waals surface area contributed by atoms with Crippen molar-refractivity contribution in [3.05, 3.63) is 87.9 Å². The van der Waals surface area contributed by atoms with E-state index in [1.165, 1.54) is 22.8 Å². The zero-order valence-electron chi connectivity index (χ0n) is 25.7. The third kappa shape index (κ3) is 5.36. The lowest BCUT2D eigenvalue weighted by molar-refractivity contribution is -0.126. The number of aromatic nitrogens is 4. The molecule has 6 rings (SSSR count). The lowest BCUT2D eigenvalue weighted by Crippen LogP contribution is -2.54. The summed E-state index contributed by atoms with van der Waals surface area (Å²) in [6, 6.07) is 7.25. The number of benzene rings is 1. The van der Waals surface area contributed by atoms with Gasteiger partial charge in [-0.2, -0.15) is 4.98 Å². The molecule has 11 heteroatoms. The molecule has 2 aliphatic rings. The van der Waals surface area contributed by atoms with Gasteiger partial charge in [0.15, 0.2) is 5.65 Å². The Kier molecular flexibility index (Phi) is 7.72. The smallest absolute Gasteiger partial charge is 0.355 e. The molecule has 1 aliphatic carbocycles. The van der Waals surface area contributed by atoms with Gasteiger partial charge in [-0.3, -0.25) is 9.78 Å². The Morgan fingerprint density at radius 3 is 2.53 bits per heavy atom. The fourth-order valence-corrected chi connectivity index (χ4v) is 6.21. The van der Waals surface area contributed by atoms with Crippen molar-refractivity contribution in [2.24, 2.45) is 0 Å². The van der Waals surface area contributed by atoms with Crippen molar-refractivity contribution in [3.63, 3.8) is 0 Å². The summed E-state index contributed by atoms with van der Waals surface area (Å²) in [5.41, 5.74) is 2.84. The fourth-order valence-electron chi connectivity index (χ4n) is 6.21. The Bertz CT molecular complexity index is 1930. The molecule has 45 heavy (non-hydrogen) atoms. The zero-order chi connectivity index (χ0) is 32.2. The highest BCUT2D eigenvalue weighted by molar-refractivity contribution is 5.94. The Morgan fingerprint density at radius 2 is 1.89 bits per heavy atom. The van der Waals surface area contributed by atoms with Crippen molar-refractivity contribution in [2.75, 3.05) is 24.5 Å². The summed E-state index contributed by atoms with van der Waals surface area (Å²) in [5.74, 6) is -1.43. The van der Waals surface area contributed by atoms with E-state index in [-0.39, 0.29) is 40.6 Å². The molecular weight excluding hydrogens is 575 g/mol. The SMILES string of the molecule is C=CC(=O)N1CCN(c2nc(=O)n(-c3c(C)ccnc3C(C)C)c3nc(-c4cc(C(=O)O)ccc4F)c(C4CC4)cc23)C(C)C1. The van der Waals surface area contributed by atoms with E-state index < -0.39 is 17.5 Å². The minimum absolute atomic E-state index is 0.0353. The Hall–Kier alpha value is -4.93. The number of aromatic carboxylic acids is 1. The standard InChI is InChI=1S/C34H35FN6O4/c1-6-27(42)39-13-14-40(20(5)17-39)31-25-16-23(21-7-8-21)29(24-15-22(33(43)44)9-10-26(24)35)37-32(25)41(34(45)38-31)30-19(4)11-12-36-28(30)18(2)3/h6,9-12,15-16,18,20-21H,1,7-8,13-14,17H2,2-5H3,(H,43,44). The van der Waals surface area contributed by atoms with Crippen LogP contribution in [0, 0.1) is 12.7 Å². The van der Waals surface area contributed by atoms with Crippen LogP contribution in [0.25, 0.3) is 28.0 Å². The number of carbonyl (C=O) groups is 2. The maximum absolute atomic E-state index is 15.5. The molecule has 10 nitrogen and oxygen atoms in total. The van der Waals surface area contributed by atoms with Crippen molar-refractivity contribution in [1.29, 1.82) is 0 Å². The second-order valence-corrected chi connectivity index (χ2v) is 12.2. The van der Waals surface area contributed by atoms with Crippen molar-refractivity contribution >= 4 is 28.7 Å². The van der Waals surface area contributed by atoms with Crippen LogP contribution in [0.1, 0.15) is 72.6 Å². The molecule has 0 spiro atoms. The normalized spacial score (nSPS) is 16.8. The molecule has 1 unspecified atom stereocenters. The molecule has 1 saturated heterocycles. The first kappa shape index (κ1) is 30.1. The van der Waals surface area contributed by atoms with Gasteiger partial charge in [-0.15, -0.1) is 0 Å². The van der Waals surface area contributed by atoms with Gasteiger partial charge in [-0.1, -0.05) is 20.4 Å². The Balaban J connectivity index is 1.68. The van der Waals surface area contributed by atoms with Gasteiger partial charge in [0.25, 0.3) is 0 Å². The molecule has 1 saturated carbocycles. The van der Waals surface area contributed by atoms with Gasteiger partial charge in [0.1, 0.15) is 11.6 Å². The Labute approximate surface area is 259 Å². The van der Waals surface area contributed by atoms with E-state index in [0.29, 0.717) is 47.9 Å². The number of hydrogen-bond acceptors (Lipinski definition) is 7. The average molecular weight is 611 g/mol. The van der Waals surface area contributed by atoms with Crippen LogP contribution in [0.3, 0.4) is 0 Å². The first-order valence-electron chi connectivity index (χ1n) is 15.1. The number of piperazine rings is 1. The molecule has 4 heterocycles. The van der Waals surface area contributed by atoms with E-state index in [4.69, 9.17) is 4.98 Å². The molecule has 0 radical (unpaired) electrons. The van der Waals surface area contributed by atoms with Crippen molar-refractivity contribution < 1.29 is 19.1 Å². The number of aryl methyl sites for hydroxylation is 1. The maximum atomic E-state index is 15.5. The van der Waals surface area contributed by atoms with Crippen LogP contribution in [0.5, 0.6) is 0 Å². The number of carboxylic acid groups (broad SMARTS) is 1. The highest BCUT2D eigenvalue weighted by atomic mass is 19.1. The molecule has 1 N–H and O–H groups in total. The van der Waals surface area contributed by atoms with Crippen LogP contribution < -0.4 is 10.6 Å². The number of pyridine rings is 2. The molecule has 232 valence electrons. The van der Waals surface area contributed by atoms with E-state index in [0.717, 1.165) is 30.0 Å². The van der Waals surface area contributed by atoms with E-state index in [1.54, 1.807) is 11.1 Å². The molecule has 4 aromatic rings. The number of nitrogens with zero attached hydrogens (tertiary/aromatic N) is 6. The second-order valence-electron chi connectivity index (χ2n) is 12.2. The third-order valence-corrected chi connectivity index (χ3v) is 8.67. The molecule has 2 fully saturated rings. The summed E-state index contributed by atoms with van der Waals surface area (Å²) in [6.07, 6.45) is 4.75. The number of carboxylic acids is 1. The number of anilines is 1. The lowest BCUT2D eigenvalue weighted by Gasteiger charge is -2.40. The molecule has 0 bridgehead atoms. The second kappa shape index (κ2) is 11.5. The summed E-state index contributed by atoms with van der Waals surface area (Å²) < 4.78 is 17.0. The predicted molar refractivity (Wildman–Crippen MR) is 170 cm³/mol. The highest BCUT2D eigenvalue weighted by Crippen LogP contribution is 2.46. The fraction of sp³-hybridized carbons (Fsp3) is 0.353. The van der Waals surface area contributed by atoms with E-state index in [2.05, 4.69) is 16.5 Å². The highest BCUT2D eigenvalue weighted by Gasteiger charge is 2.33. The lowest BCUT2D eigenvalue weighted by atomic mass is 9.98. The average Bonchev–Trinajstić information content (AvgIpc) is 3.86. The van der Waals surface area contributed by atoms with Gasteiger partial charge >= 0.3 is 11.7 Å². The van der Waals surface area contributed by atoms with Gasteiger partial charge in [-0.05, 0) is 86.1 Å². The van der Waals surface area contributed by atoms with Gasteiger partial charge < -0.3 is 14.9 Å². The zero-order valence-corrected chi connectivity index (χ0v) is 25.7. The molecule has 1 amide bonds. The number of hydrogen-bond donors (Lipinski definition) is 1. The monoisotopic (exact) mass is 610 g/mol. The third-order valence-electron chi connectivity index (χ3n) is 8.67. The van der Waals surface area contributed by atoms with Crippen LogP contribution in [0.15, 0.2) is 54.0 Å². The van der Waals surface area contributed by atoms with Crippen LogP contribution in [-0.2, 0) is 4.79 Å².